The van der Waals surface area contributed by atoms with E-state index in [1.807, 2.05) is 0 Å². The highest BCUT2D eigenvalue weighted by Crippen LogP contribution is 2.17. The fourth-order valence-electron chi connectivity index (χ4n) is 1.09. The topological polar surface area (TPSA) is 69.2 Å². The first-order valence-corrected chi connectivity index (χ1v) is 5.34. The van der Waals surface area contributed by atoms with Gasteiger partial charge in [-0.3, -0.25) is 0 Å². The van der Waals surface area contributed by atoms with Gasteiger partial charge in [-0.2, -0.15) is 0 Å². The lowest BCUT2D eigenvalue weighted by atomic mass is 10.2. The maximum Gasteiger partial charge on any atom is 0.158 e. The van der Waals surface area contributed by atoms with Gasteiger partial charge in [-0.1, -0.05) is 0 Å². The van der Waals surface area contributed by atoms with Crippen LogP contribution < -0.4 is 0 Å². The molecule has 1 heterocycles. The van der Waals surface area contributed by atoms with Crippen LogP contribution in [-0.4, -0.2) is 30.7 Å². The summed E-state index contributed by atoms with van der Waals surface area (Å²) in [6.45, 7) is 1.57. The number of methoxy groups -OCH3 is 1. The molecule has 6 heteroatoms. The summed E-state index contributed by atoms with van der Waals surface area (Å²) in [5, 5.41) is -0.627. The second-order valence-corrected chi connectivity index (χ2v) is 4.17. The van der Waals surface area contributed by atoms with Crippen molar-refractivity contribution in [3.05, 3.63) is 24.3 Å². The number of thiol groups is 1. The van der Waals surface area contributed by atoms with Gasteiger partial charge < -0.3 is 4.74 Å². The molecule has 0 radical (unpaired) electrons. The summed E-state index contributed by atoms with van der Waals surface area (Å²) >= 11 is 0. The molecule has 5 nitrogen and oxygen atoms in total. The van der Waals surface area contributed by atoms with E-state index in [2.05, 4.69) is 9.97 Å². The van der Waals surface area contributed by atoms with Gasteiger partial charge in [0, 0.05) is 19.5 Å². The maximum absolute atomic E-state index is 10.8. The Morgan fingerprint density at radius 3 is 2.36 bits per heavy atom. The number of hydrogen-bond donors (Lipinski definition) is 1. The molecule has 0 saturated carbocycles. The van der Waals surface area contributed by atoms with Crippen molar-refractivity contribution < 1.29 is 13.2 Å². The minimum atomic E-state index is -2.54. The normalized spacial score (nSPS) is 15.4. The van der Waals surface area contributed by atoms with Crippen molar-refractivity contribution in [2.45, 2.75) is 18.3 Å². The van der Waals surface area contributed by atoms with Crippen LogP contribution in [0.5, 0.6) is 0 Å². The molecule has 1 aromatic heterocycles. The molecule has 1 rings (SSSR count). The molecule has 0 amide bonds. The third-order valence-electron chi connectivity index (χ3n) is 1.86. The van der Waals surface area contributed by atoms with Crippen molar-refractivity contribution in [1.29, 1.82) is 0 Å². The van der Waals surface area contributed by atoms with Gasteiger partial charge in [0.05, 0.1) is 5.25 Å². The molecule has 0 spiro atoms. The average molecular weight is 216 g/mol. The van der Waals surface area contributed by atoms with Crippen LogP contribution in [0, 0.1) is 0 Å². The summed E-state index contributed by atoms with van der Waals surface area (Å²) in [5.74, 6) is 0.390. The van der Waals surface area contributed by atoms with E-state index in [0.29, 0.717) is 5.82 Å². The number of rotatable bonds is 4. The Morgan fingerprint density at radius 1 is 1.36 bits per heavy atom. The molecule has 0 aliphatic heterocycles. The van der Waals surface area contributed by atoms with Crippen molar-refractivity contribution in [3.8, 4) is 0 Å². The Morgan fingerprint density at radius 2 is 1.93 bits per heavy atom. The van der Waals surface area contributed by atoms with Gasteiger partial charge in [-0.05, 0) is 13.0 Å². The molecular formula is C8H12N2O3S. The molecule has 0 aliphatic carbocycles. The van der Waals surface area contributed by atoms with Gasteiger partial charge >= 0.3 is 0 Å². The number of ether oxygens (including phenoxy) is 1. The quantitative estimate of drug-likeness (QED) is 0.726. The lowest BCUT2D eigenvalue weighted by Crippen LogP contribution is -2.20. The molecule has 78 valence electrons. The fraction of sp³-hybridized carbons (Fsp3) is 0.500. The van der Waals surface area contributed by atoms with Gasteiger partial charge in [-0.15, -0.1) is 0 Å². The lowest BCUT2D eigenvalue weighted by molar-refractivity contribution is 0.0956. The van der Waals surface area contributed by atoms with Crippen molar-refractivity contribution >= 4 is 10.7 Å². The summed E-state index contributed by atoms with van der Waals surface area (Å²) in [5.41, 5.74) is 0. The summed E-state index contributed by atoms with van der Waals surface area (Å²) in [4.78, 5) is 7.90. The average Bonchev–Trinajstić information content (AvgIpc) is 2.20. The highest BCUT2D eigenvalue weighted by Gasteiger charge is 2.23. The van der Waals surface area contributed by atoms with Gasteiger partial charge in [0.25, 0.3) is 0 Å². The van der Waals surface area contributed by atoms with Crippen LogP contribution in [0.1, 0.15) is 18.9 Å². The Labute approximate surface area is 84.1 Å². The van der Waals surface area contributed by atoms with E-state index in [1.54, 1.807) is 25.4 Å². The van der Waals surface area contributed by atoms with E-state index in [0.717, 1.165) is 0 Å². The monoisotopic (exact) mass is 216 g/mol. The Kier molecular flexibility index (Phi) is 3.97. The smallest absolute Gasteiger partial charge is 0.158 e. The molecule has 14 heavy (non-hydrogen) atoms. The zero-order valence-electron chi connectivity index (χ0n) is 7.95. The zero-order chi connectivity index (χ0) is 10.6. The largest absolute Gasteiger partial charge is 0.372 e. The van der Waals surface area contributed by atoms with Crippen LogP contribution in [0.2, 0.25) is 0 Å². The standard InChI is InChI=1S/C8H12N2O3S/c1-6(14(11)12)7(13-2)8-9-4-3-5-10-8/h3-7,14H,1-2H3/t6-,7-/m0/s1. The Balaban J connectivity index is 2.93. The number of hydrogen-bond acceptors (Lipinski definition) is 5. The van der Waals surface area contributed by atoms with E-state index in [4.69, 9.17) is 4.74 Å². The summed E-state index contributed by atoms with van der Waals surface area (Å²) in [6, 6.07) is 1.66. The summed E-state index contributed by atoms with van der Waals surface area (Å²) < 4.78 is 26.6. The third kappa shape index (κ3) is 2.49. The van der Waals surface area contributed by atoms with E-state index in [1.165, 1.54) is 7.11 Å². The van der Waals surface area contributed by atoms with E-state index in [9.17, 15) is 8.42 Å². The minimum Gasteiger partial charge on any atom is -0.372 e. The highest BCUT2D eigenvalue weighted by molar-refractivity contribution is 7.73. The molecule has 0 bridgehead atoms. The molecule has 0 aromatic carbocycles. The first-order chi connectivity index (χ1) is 6.66. The second-order valence-electron chi connectivity index (χ2n) is 2.79. The van der Waals surface area contributed by atoms with Crippen LogP contribution in [0.3, 0.4) is 0 Å². The highest BCUT2D eigenvalue weighted by atomic mass is 32.2. The van der Waals surface area contributed by atoms with Gasteiger partial charge in [0.1, 0.15) is 16.8 Å². The molecule has 0 saturated heterocycles. The van der Waals surface area contributed by atoms with Crippen molar-refractivity contribution in [1.82, 2.24) is 9.97 Å². The predicted molar refractivity (Wildman–Crippen MR) is 51.6 cm³/mol. The van der Waals surface area contributed by atoms with Crippen molar-refractivity contribution in [2.75, 3.05) is 7.11 Å². The molecule has 0 unspecified atom stereocenters. The number of nitrogens with zero attached hydrogens (tertiary/aromatic N) is 2. The second kappa shape index (κ2) is 5.02. The van der Waals surface area contributed by atoms with E-state index >= 15 is 0 Å². The lowest BCUT2D eigenvalue weighted by Gasteiger charge is -2.15. The van der Waals surface area contributed by atoms with Crippen LogP contribution in [0.25, 0.3) is 0 Å². The SMILES string of the molecule is CO[C@H](c1ncccn1)[C@H](C)[SH](=O)=O. The summed E-state index contributed by atoms with van der Waals surface area (Å²) in [7, 11) is -1.09. The van der Waals surface area contributed by atoms with Gasteiger partial charge in [0.15, 0.2) is 5.82 Å². The van der Waals surface area contributed by atoms with Crippen LogP contribution >= 0.6 is 0 Å². The van der Waals surface area contributed by atoms with Crippen LogP contribution in [-0.2, 0) is 15.4 Å². The Hall–Kier alpha value is -1.01. The van der Waals surface area contributed by atoms with Crippen LogP contribution in [0.15, 0.2) is 18.5 Å². The molecule has 2 atom stereocenters. The van der Waals surface area contributed by atoms with Crippen molar-refractivity contribution in [3.63, 3.8) is 0 Å². The predicted octanol–water partition coefficient (Wildman–Crippen LogP) is 0.164. The number of aromatic nitrogens is 2. The molecule has 1 aromatic rings. The first-order valence-electron chi connectivity index (χ1n) is 4.10. The van der Waals surface area contributed by atoms with E-state index in [-0.39, 0.29) is 0 Å². The first kappa shape index (κ1) is 11.1. The molecular weight excluding hydrogens is 204 g/mol. The van der Waals surface area contributed by atoms with Gasteiger partial charge in [-0.25, -0.2) is 18.4 Å². The van der Waals surface area contributed by atoms with Crippen molar-refractivity contribution in [2.24, 2.45) is 0 Å². The molecule has 0 aliphatic rings. The fourth-order valence-corrected chi connectivity index (χ4v) is 1.56. The zero-order valence-corrected chi connectivity index (χ0v) is 8.85. The molecule has 0 N–H and O–H groups in total. The summed E-state index contributed by atoms with van der Waals surface area (Å²) in [6.07, 6.45) is 2.51. The van der Waals surface area contributed by atoms with Gasteiger partial charge in [0.2, 0.25) is 0 Å². The van der Waals surface area contributed by atoms with E-state index < -0.39 is 22.1 Å². The van der Waals surface area contributed by atoms with Crippen LogP contribution in [0.4, 0.5) is 0 Å². The Bertz CT molecular complexity index is 345. The maximum atomic E-state index is 10.8. The minimum absolute atomic E-state index is 0.390. The molecule has 0 fully saturated rings. The third-order valence-corrected chi connectivity index (χ3v) is 2.80.